The minimum absolute atomic E-state index is 0.0356. The van der Waals surface area contributed by atoms with Gasteiger partial charge in [-0.25, -0.2) is 0 Å². The Kier molecular flexibility index (Phi) is 4.17. The molecule has 1 aromatic heterocycles. The van der Waals surface area contributed by atoms with E-state index in [2.05, 4.69) is 0 Å². The van der Waals surface area contributed by atoms with Gasteiger partial charge in [0.2, 0.25) is 0 Å². The lowest BCUT2D eigenvalue weighted by atomic mass is 10.1. The Morgan fingerprint density at radius 1 is 1.21 bits per heavy atom. The summed E-state index contributed by atoms with van der Waals surface area (Å²) < 4.78 is 5.23. The highest BCUT2D eigenvalue weighted by Crippen LogP contribution is 2.22. The van der Waals surface area contributed by atoms with E-state index in [1.807, 2.05) is 50.3 Å². The van der Waals surface area contributed by atoms with E-state index in [4.69, 9.17) is 4.74 Å². The fraction of sp³-hybridized carbons (Fsp3) is 0.188. The van der Waals surface area contributed by atoms with E-state index in [0.29, 0.717) is 11.3 Å². The third kappa shape index (κ3) is 3.32. The molecule has 3 heteroatoms. The number of allylic oxidation sites excluding steroid dienone is 1. The van der Waals surface area contributed by atoms with Crippen molar-refractivity contribution in [1.29, 1.82) is 0 Å². The minimum Gasteiger partial charge on any atom is -0.496 e. The van der Waals surface area contributed by atoms with E-state index in [-0.39, 0.29) is 5.78 Å². The number of benzene rings is 1. The molecule has 0 amide bonds. The number of hydrogen-bond donors (Lipinski definition) is 0. The van der Waals surface area contributed by atoms with Crippen LogP contribution in [0, 0.1) is 13.8 Å². The quantitative estimate of drug-likeness (QED) is 0.613. The van der Waals surface area contributed by atoms with Crippen molar-refractivity contribution in [2.75, 3.05) is 7.11 Å². The van der Waals surface area contributed by atoms with Gasteiger partial charge in [-0.2, -0.15) is 0 Å². The summed E-state index contributed by atoms with van der Waals surface area (Å²) in [5.41, 5.74) is 1.65. The molecule has 1 aromatic carbocycles. The van der Waals surface area contributed by atoms with E-state index in [0.717, 1.165) is 10.4 Å². The zero-order valence-electron chi connectivity index (χ0n) is 11.3. The number of rotatable bonds is 4. The molecule has 0 spiro atoms. The van der Waals surface area contributed by atoms with Gasteiger partial charge >= 0.3 is 0 Å². The second-order valence-corrected chi connectivity index (χ2v) is 5.67. The molecule has 0 bridgehead atoms. The first-order valence-corrected chi connectivity index (χ1v) is 6.85. The topological polar surface area (TPSA) is 26.3 Å². The standard InChI is InChI=1S/C16H16O2S/c1-11-4-9-16(18-3)14(10-11)15(17)8-7-13-6-5-12(2)19-13/h4-10H,1-3H3/b8-7+. The predicted octanol–water partition coefficient (Wildman–Crippen LogP) is 4.27. The maximum Gasteiger partial charge on any atom is 0.189 e. The highest BCUT2D eigenvalue weighted by molar-refractivity contribution is 7.12. The van der Waals surface area contributed by atoms with Crippen molar-refractivity contribution in [2.45, 2.75) is 13.8 Å². The van der Waals surface area contributed by atoms with Crippen LogP contribution in [-0.2, 0) is 0 Å². The van der Waals surface area contributed by atoms with Gasteiger partial charge in [-0.05, 0) is 50.3 Å². The summed E-state index contributed by atoms with van der Waals surface area (Å²) in [6, 6.07) is 9.66. The monoisotopic (exact) mass is 272 g/mol. The summed E-state index contributed by atoms with van der Waals surface area (Å²) >= 11 is 1.67. The van der Waals surface area contributed by atoms with Gasteiger partial charge in [-0.3, -0.25) is 4.79 Å². The Morgan fingerprint density at radius 3 is 2.63 bits per heavy atom. The molecule has 0 radical (unpaired) electrons. The van der Waals surface area contributed by atoms with Gasteiger partial charge in [0.05, 0.1) is 12.7 Å². The van der Waals surface area contributed by atoms with Crippen LogP contribution in [0.4, 0.5) is 0 Å². The van der Waals surface area contributed by atoms with Crippen LogP contribution in [0.1, 0.15) is 25.7 Å². The number of ketones is 1. The molecule has 98 valence electrons. The van der Waals surface area contributed by atoms with Crippen LogP contribution in [0.25, 0.3) is 6.08 Å². The molecule has 0 fully saturated rings. The highest BCUT2D eigenvalue weighted by atomic mass is 32.1. The molecule has 0 aliphatic carbocycles. The van der Waals surface area contributed by atoms with Crippen LogP contribution in [0.5, 0.6) is 5.75 Å². The molecular formula is C16H16O2S. The van der Waals surface area contributed by atoms with E-state index in [9.17, 15) is 4.79 Å². The van der Waals surface area contributed by atoms with Crippen LogP contribution in [0.3, 0.4) is 0 Å². The molecule has 0 unspecified atom stereocenters. The van der Waals surface area contributed by atoms with Crippen LogP contribution in [0.15, 0.2) is 36.4 Å². The molecule has 0 saturated carbocycles. The Hall–Kier alpha value is -1.87. The maximum atomic E-state index is 12.2. The highest BCUT2D eigenvalue weighted by Gasteiger charge is 2.09. The fourth-order valence-electron chi connectivity index (χ4n) is 1.80. The number of aryl methyl sites for hydroxylation is 2. The van der Waals surface area contributed by atoms with E-state index < -0.39 is 0 Å². The number of hydrogen-bond acceptors (Lipinski definition) is 3. The van der Waals surface area contributed by atoms with Gasteiger partial charge in [-0.1, -0.05) is 11.6 Å². The Labute approximate surface area is 117 Å². The van der Waals surface area contributed by atoms with Crippen molar-refractivity contribution in [3.05, 3.63) is 57.3 Å². The first kappa shape index (κ1) is 13.6. The maximum absolute atomic E-state index is 12.2. The van der Waals surface area contributed by atoms with E-state index in [1.165, 1.54) is 4.88 Å². The van der Waals surface area contributed by atoms with Crippen LogP contribution < -0.4 is 4.74 Å². The van der Waals surface area contributed by atoms with Crippen LogP contribution in [-0.4, -0.2) is 12.9 Å². The van der Waals surface area contributed by atoms with Gasteiger partial charge in [0, 0.05) is 9.75 Å². The molecular weight excluding hydrogens is 256 g/mol. The summed E-state index contributed by atoms with van der Waals surface area (Å²) in [6.45, 7) is 4.01. The molecule has 0 saturated heterocycles. The van der Waals surface area contributed by atoms with Crippen molar-refractivity contribution in [3.63, 3.8) is 0 Å². The molecule has 19 heavy (non-hydrogen) atoms. The number of ether oxygens (including phenoxy) is 1. The predicted molar refractivity (Wildman–Crippen MR) is 80.2 cm³/mol. The number of methoxy groups -OCH3 is 1. The van der Waals surface area contributed by atoms with Gasteiger partial charge in [0.15, 0.2) is 5.78 Å². The molecule has 2 aromatic rings. The lowest BCUT2D eigenvalue weighted by molar-refractivity contribution is 0.104. The van der Waals surface area contributed by atoms with E-state index >= 15 is 0 Å². The Balaban J connectivity index is 2.24. The molecule has 2 nitrogen and oxygen atoms in total. The molecule has 1 heterocycles. The minimum atomic E-state index is -0.0356. The van der Waals surface area contributed by atoms with Crippen molar-refractivity contribution in [1.82, 2.24) is 0 Å². The van der Waals surface area contributed by atoms with Crippen molar-refractivity contribution in [3.8, 4) is 5.75 Å². The third-order valence-electron chi connectivity index (χ3n) is 2.78. The average Bonchev–Trinajstić information content (AvgIpc) is 2.81. The van der Waals surface area contributed by atoms with Crippen molar-refractivity contribution >= 4 is 23.2 Å². The molecule has 0 aliphatic heterocycles. The van der Waals surface area contributed by atoms with Gasteiger partial charge in [0.25, 0.3) is 0 Å². The zero-order valence-corrected chi connectivity index (χ0v) is 12.1. The zero-order chi connectivity index (χ0) is 13.8. The third-order valence-corrected chi connectivity index (χ3v) is 3.75. The Morgan fingerprint density at radius 2 is 2.00 bits per heavy atom. The lowest BCUT2D eigenvalue weighted by Crippen LogP contribution is -1.99. The van der Waals surface area contributed by atoms with Gasteiger partial charge in [-0.15, -0.1) is 11.3 Å². The lowest BCUT2D eigenvalue weighted by Gasteiger charge is -2.06. The first-order valence-electron chi connectivity index (χ1n) is 6.03. The second-order valence-electron chi connectivity index (χ2n) is 4.35. The second kappa shape index (κ2) is 5.85. The SMILES string of the molecule is COc1ccc(C)cc1C(=O)/C=C/c1ccc(C)s1. The van der Waals surface area contributed by atoms with Gasteiger partial charge < -0.3 is 4.74 Å². The summed E-state index contributed by atoms with van der Waals surface area (Å²) in [7, 11) is 1.58. The van der Waals surface area contributed by atoms with Crippen LogP contribution >= 0.6 is 11.3 Å². The van der Waals surface area contributed by atoms with Crippen molar-refractivity contribution < 1.29 is 9.53 Å². The first-order chi connectivity index (χ1) is 9.10. The van der Waals surface area contributed by atoms with Crippen molar-refractivity contribution in [2.24, 2.45) is 0 Å². The van der Waals surface area contributed by atoms with E-state index in [1.54, 1.807) is 24.5 Å². The smallest absolute Gasteiger partial charge is 0.189 e. The summed E-state index contributed by atoms with van der Waals surface area (Å²) in [5.74, 6) is 0.578. The molecule has 0 atom stereocenters. The van der Waals surface area contributed by atoms with Crippen LogP contribution in [0.2, 0.25) is 0 Å². The molecule has 0 N–H and O–H groups in total. The normalized spacial score (nSPS) is 10.9. The average molecular weight is 272 g/mol. The number of thiophene rings is 1. The summed E-state index contributed by atoms with van der Waals surface area (Å²) in [5, 5.41) is 0. The summed E-state index contributed by atoms with van der Waals surface area (Å²) in [4.78, 5) is 14.5. The molecule has 2 rings (SSSR count). The Bertz CT molecular complexity index is 623. The molecule has 0 aliphatic rings. The number of carbonyl (C=O) groups excluding carboxylic acids is 1. The summed E-state index contributed by atoms with van der Waals surface area (Å²) in [6.07, 6.45) is 3.45. The largest absolute Gasteiger partial charge is 0.496 e. The number of carbonyl (C=O) groups is 1. The van der Waals surface area contributed by atoms with Gasteiger partial charge in [0.1, 0.15) is 5.75 Å². The fourth-order valence-corrected chi connectivity index (χ4v) is 2.59.